The van der Waals surface area contributed by atoms with Gasteiger partial charge in [-0.1, -0.05) is 0 Å². The summed E-state index contributed by atoms with van der Waals surface area (Å²) in [5.41, 5.74) is 5.07. The van der Waals surface area contributed by atoms with Gasteiger partial charge < -0.3 is 10.5 Å². The molecule has 1 saturated heterocycles. The van der Waals surface area contributed by atoms with E-state index in [0.29, 0.717) is 13.0 Å². The number of nitrogen functional groups attached to an aromatic ring is 1. The van der Waals surface area contributed by atoms with Crippen LogP contribution in [0.25, 0.3) is 0 Å². The molecular formula is C11H14F2N2O3S. The molecule has 2 atom stereocenters. The van der Waals surface area contributed by atoms with Gasteiger partial charge in [-0.05, 0) is 25.5 Å². The van der Waals surface area contributed by atoms with Crippen LogP contribution in [0.5, 0.6) is 0 Å². The smallest absolute Gasteiger partial charge is 0.246 e. The molecule has 8 heteroatoms. The molecule has 2 rings (SSSR count). The Hall–Kier alpha value is -1.25. The van der Waals surface area contributed by atoms with Crippen molar-refractivity contribution in [3.8, 4) is 0 Å². The van der Waals surface area contributed by atoms with Gasteiger partial charge in [0, 0.05) is 12.3 Å². The first-order chi connectivity index (χ1) is 8.81. The molecule has 5 nitrogen and oxygen atoms in total. The monoisotopic (exact) mass is 292 g/mol. The van der Waals surface area contributed by atoms with Crippen molar-refractivity contribution < 1.29 is 21.9 Å². The van der Waals surface area contributed by atoms with Crippen LogP contribution in [0, 0.1) is 11.6 Å². The van der Waals surface area contributed by atoms with Gasteiger partial charge in [-0.2, -0.15) is 0 Å². The maximum Gasteiger partial charge on any atom is 0.246 e. The molecule has 3 N–H and O–H groups in total. The number of halogens is 2. The minimum Gasteiger partial charge on any atom is -0.399 e. The molecule has 0 aromatic heterocycles. The fourth-order valence-electron chi connectivity index (χ4n) is 1.98. The Morgan fingerprint density at radius 3 is 2.42 bits per heavy atom. The summed E-state index contributed by atoms with van der Waals surface area (Å²) in [6.07, 6.45) is 0.119. The maximum absolute atomic E-state index is 13.6. The summed E-state index contributed by atoms with van der Waals surface area (Å²) < 4.78 is 58.7. The van der Waals surface area contributed by atoms with E-state index in [0.717, 1.165) is 12.1 Å². The molecule has 1 aromatic carbocycles. The summed E-state index contributed by atoms with van der Waals surface area (Å²) >= 11 is 0. The Kier molecular flexibility index (Phi) is 3.75. The molecule has 1 aliphatic rings. The van der Waals surface area contributed by atoms with E-state index >= 15 is 0 Å². The molecule has 0 saturated carbocycles. The third-order valence-electron chi connectivity index (χ3n) is 2.97. The Morgan fingerprint density at radius 1 is 1.37 bits per heavy atom. The summed E-state index contributed by atoms with van der Waals surface area (Å²) in [6.45, 7) is 2.09. The van der Waals surface area contributed by atoms with E-state index in [1.54, 1.807) is 6.92 Å². The van der Waals surface area contributed by atoms with Crippen molar-refractivity contribution in [3.63, 3.8) is 0 Å². The standard InChI is InChI=1S/C11H14F2N2O3S/c1-6-10(2-3-18-6)15-19(16,17)11-8(12)4-7(14)5-9(11)13/h4-6,10,15H,2-3,14H2,1H3. The van der Waals surface area contributed by atoms with Gasteiger partial charge in [0.05, 0.1) is 12.1 Å². The largest absolute Gasteiger partial charge is 0.399 e. The van der Waals surface area contributed by atoms with Gasteiger partial charge in [0.1, 0.15) is 11.6 Å². The molecule has 0 radical (unpaired) electrons. The van der Waals surface area contributed by atoms with Crippen molar-refractivity contribution in [1.29, 1.82) is 0 Å². The van der Waals surface area contributed by atoms with Crippen molar-refractivity contribution in [2.75, 3.05) is 12.3 Å². The number of nitrogens with one attached hydrogen (secondary N) is 1. The van der Waals surface area contributed by atoms with E-state index < -0.39 is 32.6 Å². The van der Waals surface area contributed by atoms with E-state index in [1.807, 2.05) is 0 Å². The quantitative estimate of drug-likeness (QED) is 0.814. The molecule has 1 aliphatic heterocycles. The number of nitrogens with two attached hydrogens (primary N) is 1. The molecule has 19 heavy (non-hydrogen) atoms. The van der Waals surface area contributed by atoms with Crippen LogP contribution in [0.3, 0.4) is 0 Å². The van der Waals surface area contributed by atoms with Gasteiger partial charge in [0.15, 0.2) is 4.90 Å². The van der Waals surface area contributed by atoms with Crippen molar-refractivity contribution in [3.05, 3.63) is 23.8 Å². The number of benzene rings is 1. The van der Waals surface area contributed by atoms with Crippen LogP contribution in [0.15, 0.2) is 17.0 Å². The van der Waals surface area contributed by atoms with E-state index in [-0.39, 0.29) is 11.8 Å². The number of sulfonamides is 1. The van der Waals surface area contributed by atoms with Crippen LogP contribution < -0.4 is 10.5 Å². The lowest BCUT2D eigenvalue weighted by Crippen LogP contribution is -2.39. The maximum atomic E-state index is 13.6. The second kappa shape index (κ2) is 5.03. The fourth-order valence-corrected chi connectivity index (χ4v) is 3.44. The van der Waals surface area contributed by atoms with Gasteiger partial charge in [-0.3, -0.25) is 0 Å². The second-order valence-corrected chi connectivity index (χ2v) is 6.06. The molecule has 0 amide bonds. The van der Waals surface area contributed by atoms with Gasteiger partial charge in [-0.15, -0.1) is 0 Å². The topological polar surface area (TPSA) is 81.4 Å². The summed E-state index contributed by atoms with van der Waals surface area (Å²) in [4.78, 5) is -1.01. The zero-order valence-corrected chi connectivity index (χ0v) is 11.0. The highest BCUT2D eigenvalue weighted by Gasteiger charge is 2.32. The molecule has 106 valence electrons. The zero-order valence-electron chi connectivity index (χ0n) is 10.2. The number of rotatable bonds is 3. The lowest BCUT2D eigenvalue weighted by atomic mass is 10.2. The molecular weight excluding hydrogens is 278 g/mol. The number of anilines is 1. The number of ether oxygens (including phenoxy) is 1. The van der Waals surface area contributed by atoms with Crippen molar-refractivity contribution in [1.82, 2.24) is 4.72 Å². The normalized spacial score (nSPS) is 23.7. The van der Waals surface area contributed by atoms with Crippen molar-refractivity contribution in [2.24, 2.45) is 0 Å². The van der Waals surface area contributed by atoms with Crippen molar-refractivity contribution in [2.45, 2.75) is 30.4 Å². The lowest BCUT2D eigenvalue weighted by molar-refractivity contribution is 0.116. The average Bonchev–Trinajstić information content (AvgIpc) is 2.61. The molecule has 0 spiro atoms. The first-order valence-electron chi connectivity index (χ1n) is 5.69. The zero-order chi connectivity index (χ0) is 14.2. The molecule has 1 aromatic rings. The van der Waals surface area contributed by atoms with Crippen LogP contribution in [0.2, 0.25) is 0 Å². The Bertz CT molecular complexity index is 569. The summed E-state index contributed by atoms with van der Waals surface area (Å²) in [7, 11) is -4.29. The summed E-state index contributed by atoms with van der Waals surface area (Å²) in [6, 6.07) is 1.04. The number of hydrogen-bond acceptors (Lipinski definition) is 4. The first kappa shape index (κ1) is 14.2. The third-order valence-corrected chi connectivity index (χ3v) is 4.51. The highest BCUT2D eigenvalue weighted by atomic mass is 32.2. The van der Waals surface area contributed by atoms with E-state index in [9.17, 15) is 17.2 Å². The second-order valence-electron chi connectivity index (χ2n) is 4.41. The molecule has 1 fully saturated rings. The molecule has 0 bridgehead atoms. The van der Waals surface area contributed by atoms with E-state index in [4.69, 9.17) is 10.5 Å². The van der Waals surface area contributed by atoms with Crippen LogP contribution in [0.4, 0.5) is 14.5 Å². The molecule has 2 unspecified atom stereocenters. The summed E-state index contributed by atoms with van der Waals surface area (Å²) in [5, 5.41) is 0. The SMILES string of the molecule is CC1OCCC1NS(=O)(=O)c1c(F)cc(N)cc1F. The minimum atomic E-state index is -4.29. The van der Waals surface area contributed by atoms with Crippen LogP contribution in [0.1, 0.15) is 13.3 Å². The molecule has 0 aliphatic carbocycles. The molecule has 1 heterocycles. The number of hydrogen-bond donors (Lipinski definition) is 2. The van der Waals surface area contributed by atoms with Crippen LogP contribution in [-0.2, 0) is 14.8 Å². The van der Waals surface area contributed by atoms with Crippen LogP contribution >= 0.6 is 0 Å². The van der Waals surface area contributed by atoms with Gasteiger partial charge in [-0.25, -0.2) is 21.9 Å². The highest BCUT2D eigenvalue weighted by molar-refractivity contribution is 7.89. The van der Waals surface area contributed by atoms with Crippen molar-refractivity contribution >= 4 is 15.7 Å². The predicted octanol–water partition coefficient (Wildman–Crippen LogP) is 1.00. The first-order valence-corrected chi connectivity index (χ1v) is 7.18. The lowest BCUT2D eigenvalue weighted by Gasteiger charge is -2.17. The fraction of sp³-hybridized carbons (Fsp3) is 0.455. The Morgan fingerprint density at radius 2 is 1.95 bits per heavy atom. The average molecular weight is 292 g/mol. The van der Waals surface area contributed by atoms with Gasteiger partial charge in [0.2, 0.25) is 10.0 Å². The van der Waals surface area contributed by atoms with E-state index in [1.165, 1.54) is 0 Å². The van der Waals surface area contributed by atoms with Gasteiger partial charge >= 0.3 is 0 Å². The highest BCUT2D eigenvalue weighted by Crippen LogP contribution is 2.23. The minimum absolute atomic E-state index is 0.175. The van der Waals surface area contributed by atoms with E-state index in [2.05, 4.69) is 4.72 Å². The third kappa shape index (κ3) is 2.85. The van der Waals surface area contributed by atoms with Crippen LogP contribution in [-0.4, -0.2) is 27.2 Å². The van der Waals surface area contributed by atoms with Gasteiger partial charge in [0.25, 0.3) is 0 Å². The Labute approximate surface area is 109 Å². The Balaban J connectivity index is 2.34. The predicted molar refractivity (Wildman–Crippen MR) is 64.9 cm³/mol. The summed E-state index contributed by atoms with van der Waals surface area (Å²) in [5.74, 6) is -2.42.